The summed E-state index contributed by atoms with van der Waals surface area (Å²) in [7, 11) is 0. The fourth-order valence-corrected chi connectivity index (χ4v) is 4.17. The van der Waals surface area contributed by atoms with Crippen molar-refractivity contribution in [2.24, 2.45) is 0 Å². The molecule has 0 saturated heterocycles. The fourth-order valence-electron chi connectivity index (χ4n) is 3.32. The summed E-state index contributed by atoms with van der Waals surface area (Å²) >= 11 is 21.5. The van der Waals surface area contributed by atoms with E-state index in [1.165, 1.54) is 10.7 Å². The van der Waals surface area contributed by atoms with Gasteiger partial charge in [0.15, 0.2) is 0 Å². The number of nitrogens with one attached hydrogen (secondary N) is 3. The maximum absolute atomic E-state index is 13.1. The molecule has 0 atom stereocenters. The van der Waals surface area contributed by atoms with Crippen LogP contribution in [0.5, 0.6) is 0 Å². The lowest BCUT2D eigenvalue weighted by molar-refractivity contribution is -0.133. The quantitative estimate of drug-likeness (QED) is 0.232. The maximum atomic E-state index is 13.1. The van der Waals surface area contributed by atoms with Crippen LogP contribution in [0.4, 0.5) is 11.4 Å². The van der Waals surface area contributed by atoms with E-state index < -0.39 is 17.7 Å². The normalized spacial score (nSPS) is 10.8. The molecule has 178 valence electrons. The smallest absolute Gasteiger partial charge is 0.321 e. The molecule has 4 rings (SSSR count). The van der Waals surface area contributed by atoms with Gasteiger partial charge in [-0.15, -0.1) is 0 Å². The zero-order chi connectivity index (χ0) is 25.3. The van der Waals surface area contributed by atoms with E-state index in [0.717, 1.165) is 4.47 Å². The highest BCUT2D eigenvalue weighted by atomic mass is 79.9. The van der Waals surface area contributed by atoms with E-state index in [0.29, 0.717) is 37.9 Å². The van der Waals surface area contributed by atoms with Gasteiger partial charge < -0.3 is 10.6 Å². The minimum absolute atomic E-state index is 0.0873. The summed E-state index contributed by atoms with van der Waals surface area (Å²) in [5.41, 5.74) is 4.52. The van der Waals surface area contributed by atoms with Gasteiger partial charge in [-0.25, -0.2) is 4.68 Å². The average molecular weight is 595 g/mol. The average Bonchev–Trinajstić information content (AvgIpc) is 3.16. The zero-order valence-corrected chi connectivity index (χ0v) is 21.8. The van der Waals surface area contributed by atoms with E-state index in [2.05, 4.69) is 32.0 Å². The molecule has 0 unspecified atom stereocenters. The highest BCUT2D eigenvalue weighted by Crippen LogP contribution is 2.27. The molecule has 11 heteroatoms. The third-order valence-corrected chi connectivity index (χ3v) is 6.75. The summed E-state index contributed by atoms with van der Waals surface area (Å²) in [5.74, 6) is -2.44. The lowest BCUT2D eigenvalue weighted by atomic mass is 10.2. The van der Waals surface area contributed by atoms with Gasteiger partial charge in [0.1, 0.15) is 5.69 Å². The molecule has 0 aliphatic heterocycles. The fraction of sp³-hybridized carbons (Fsp3) is 0.0417. The van der Waals surface area contributed by atoms with Gasteiger partial charge in [0.05, 0.1) is 15.6 Å². The standard InChI is InChI=1S/C24H16BrCl3N4O3/c1-12-16(26)3-2-4-19(12)30-23(34)24(35)31-32-20-8-5-14(25)9-13(20)10-21(32)22(33)29-15-6-7-17(27)18(28)11-15/h2-11H,1H3,(H,29,33)(H,30,34)(H,31,35). The number of anilines is 2. The van der Waals surface area contributed by atoms with Crippen molar-refractivity contribution in [3.8, 4) is 0 Å². The monoisotopic (exact) mass is 592 g/mol. The van der Waals surface area contributed by atoms with Crippen molar-refractivity contribution in [1.29, 1.82) is 0 Å². The first-order chi connectivity index (χ1) is 16.6. The van der Waals surface area contributed by atoms with Crippen molar-refractivity contribution < 1.29 is 14.4 Å². The van der Waals surface area contributed by atoms with E-state index in [9.17, 15) is 14.4 Å². The number of nitrogens with zero attached hydrogens (tertiary/aromatic N) is 1. The van der Waals surface area contributed by atoms with Gasteiger partial charge in [0, 0.05) is 26.3 Å². The molecular formula is C24H16BrCl3N4O3. The summed E-state index contributed by atoms with van der Waals surface area (Å²) in [4.78, 5) is 38.5. The van der Waals surface area contributed by atoms with Crippen LogP contribution in [-0.4, -0.2) is 22.4 Å². The van der Waals surface area contributed by atoms with E-state index in [-0.39, 0.29) is 10.7 Å². The maximum Gasteiger partial charge on any atom is 0.328 e. The molecule has 1 aromatic heterocycles. The second-order valence-electron chi connectivity index (χ2n) is 7.46. The molecule has 4 aromatic rings. The molecule has 0 fully saturated rings. The van der Waals surface area contributed by atoms with Crippen molar-refractivity contribution in [1.82, 2.24) is 4.68 Å². The van der Waals surface area contributed by atoms with Crippen LogP contribution in [0.1, 0.15) is 16.1 Å². The Morgan fingerprint density at radius 3 is 2.34 bits per heavy atom. The van der Waals surface area contributed by atoms with Crippen molar-refractivity contribution in [2.45, 2.75) is 6.92 Å². The number of carbonyl (C=O) groups is 3. The number of hydrogen-bond donors (Lipinski definition) is 3. The first kappa shape index (κ1) is 25.1. The Kier molecular flexibility index (Phi) is 7.37. The van der Waals surface area contributed by atoms with Crippen molar-refractivity contribution in [3.63, 3.8) is 0 Å². The number of carbonyl (C=O) groups excluding carboxylic acids is 3. The number of fused-ring (bicyclic) bond motifs is 1. The Balaban J connectivity index is 1.64. The van der Waals surface area contributed by atoms with Crippen molar-refractivity contribution >= 4 is 90.7 Å². The molecule has 0 bridgehead atoms. The van der Waals surface area contributed by atoms with E-state index in [1.807, 2.05) is 0 Å². The Hall–Kier alpha value is -3.04. The molecule has 35 heavy (non-hydrogen) atoms. The van der Waals surface area contributed by atoms with Crippen LogP contribution in [0.25, 0.3) is 10.9 Å². The Morgan fingerprint density at radius 1 is 0.829 bits per heavy atom. The molecule has 3 aromatic carbocycles. The van der Waals surface area contributed by atoms with Crippen LogP contribution < -0.4 is 16.1 Å². The number of benzene rings is 3. The van der Waals surface area contributed by atoms with Crippen LogP contribution in [0.2, 0.25) is 15.1 Å². The largest absolute Gasteiger partial charge is 0.328 e. The first-order valence-corrected chi connectivity index (χ1v) is 12.0. The van der Waals surface area contributed by atoms with Gasteiger partial charge >= 0.3 is 11.8 Å². The van der Waals surface area contributed by atoms with Gasteiger partial charge in [-0.05, 0) is 67.1 Å². The summed E-state index contributed by atoms with van der Waals surface area (Å²) in [6.45, 7) is 1.72. The van der Waals surface area contributed by atoms with Crippen LogP contribution in [0, 0.1) is 6.92 Å². The third kappa shape index (κ3) is 5.46. The second-order valence-corrected chi connectivity index (χ2v) is 9.60. The van der Waals surface area contributed by atoms with E-state index >= 15 is 0 Å². The van der Waals surface area contributed by atoms with E-state index in [4.69, 9.17) is 34.8 Å². The minimum Gasteiger partial charge on any atom is -0.321 e. The Morgan fingerprint density at radius 2 is 1.60 bits per heavy atom. The summed E-state index contributed by atoms with van der Waals surface area (Å²) in [6, 6.07) is 16.4. The molecule has 0 saturated carbocycles. The van der Waals surface area contributed by atoms with E-state index in [1.54, 1.807) is 61.5 Å². The molecule has 1 heterocycles. The van der Waals surface area contributed by atoms with Gasteiger partial charge in [-0.1, -0.05) is 56.8 Å². The number of halogens is 4. The van der Waals surface area contributed by atoms with Crippen LogP contribution >= 0.6 is 50.7 Å². The molecule has 3 amide bonds. The summed E-state index contributed by atoms with van der Waals surface area (Å²) < 4.78 is 2.03. The zero-order valence-electron chi connectivity index (χ0n) is 18.0. The number of amides is 3. The van der Waals surface area contributed by atoms with Gasteiger partial charge in [-0.3, -0.25) is 19.8 Å². The summed E-state index contributed by atoms with van der Waals surface area (Å²) in [6.07, 6.45) is 0. The van der Waals surface area contributed by atoms with Gasteiger partial charge in [-0.2, -0.15) is 0 Å². The minimum atomic E-state index is -0.978. The predicted molar refractivity (Wildman–Crippen MR) is 143 cm³/mol. The third-order valence-electron chi connectivity index (χ3n) is 5.11. The lowest BCUT2D eigenvalue weighted by Gasteiger charge is -2.14. The van der Waals surface area contributed by atoms with Gasteiger partial charge in [0.25, 0.3) is 5.91 Å². The van der Waals surface area contributed by atoms with Crippen LogP contribution in [0.3, 0.4) is 0 Å². The molecular weight excluding hydrogens is 579 g/mol. The molecule has 3 N–H and O–H groups in total. The molecule has 0 aliphatic carbocycles. The lowest BCUT2D eigenvalue weighted by Crippen LogP contribution is -2.36. The molecule has 7 nitrogen and oxygen atoms in total. The molecule has 0 radical (unpaired) electrons. The number of rotatable bonds is 4. The molecule has 0 spiro atoms. The van der Waals surface area contributed by atoms with Gasteiger partial charge in [0.2, 0.25) is 0 Å². The second kappa shape index (κ2) is 10.3. The Bertz CT molecular complexity index is 1500. The highest BCUT2D eigenvalue weighted by Gasteiger charge is 2.22. The van der Waals surface area contributed by atoms with Crippen LogP contribution in [0.15, 0.2) is 65.1 Å². The predicted octanol–water partition coefficient (Wildman–Crippen LogP) is 6.63. The highest BCUT2D eigenvalue weighted by molar-refractivity contribution is 9.10. The SMILES string of the molecule is Cc1c(Cl)cccc1NC(=O)C(=O)Nn1c(C(=O)Nc2ccc(Cl)c(Cl)c2)cc2cc(Br)ccc21. The number of hydrogen-bond acceptors (Lipinski definition) is 3. The Labute approximate surface area is 223 Å². The van der Waals surface area contributed by atoms with Crippen molar-refractivity contribution in [3.05, 3.63) is 91.5 Å². The van der Waals surface area contributed by atoms with Crippen LogP contribution in [-0.2, 0) is 9.59 Å². The molecule has 0 aliphatic rings. The topological polar surface area (TPSA) is 92.2 Å². The first-order valence-electron chi connectivity index (χ1n) is 10.1. The number of aromatic nitrogens is 1. The van der Waals surface area contributed by atoms with Crippen molar-refractivity contribution in [2.75, 3.05) is 16.1 Å². The summed E-state index contributed by atoms with van der Waals surface area (Å²) in [5, 5.41) is 6.98.